The molecule has 1 heterocycles. The molecule has 0 fully saturated rings. The maximum atomic E-state index is 12.1. The van der Waals surface area contributed by atoms with Gasteiger partial charge in [-0.2, -0.15) is 0 Å². The van der Waals surface area contributed by atoms with E-state index in [0.29, 0.717) is 12.0 Å². The molecule has 2 N–H and O–H groups in total. The van der Waals surface area contributed by atoms with E-state index >= 15 is 0 Å². The van der Waals surface area contributed by atoms with Crippen molar-refractivity contribution in [2.45, 2.75) is 12.5 Å². The van der Waals surface area contributed by atoms with E-state index in [1.165, 1.54) is 12.3 Å². The second-order valence-corrected chi connectivity index (χ2v) is 5.30. The summed E-state index contributed by atoms with van der Waals surface area (Å²) >= 11 is 11.5. The lowest BCUT2D eigenvalue weighted by atomic mass is 10.1. The van der Waals surface area contributed by atoms with Crippen LogP contribution < -0.4 is 5.32 Å². The summed E-state index contributed by atoms with van der Waals surface area (Å²) in [6.07, 6.45) is 1.89. The molecule has 0 saturated carbocycles. The number of nitrogens with one attached hydrogen (secondary N) is 1. The minimum absolute atomic E-state index is 0.149. The molecule has 4 nitrogen and oxygen atoms in total. The number of hydrogen-bond acceptors (Lipinski definition) is 3. The molecule has 0 radical (unpaired) electrons. The second kappa shape index (κ2) is 7.41. The first-order chi connectivity index (χ1) is 10.1. The number of benzene rings is 1. The summed E-state index contributed by atoms with van der Waals surface area (Å²) in [5.74, 6) is -0.351. The average Bonchev–Trinajstić information content (AvgIpc) is 2.50. The van der Waals surface area contributed by atoms with Crippen LogP contribution in [0.2, 0.25) is 10.2 Å². The Morgan fingerprint density at radius 2 is 2.00 bits per heavy atom. The third-order valence-corrected chi connectivity index (χ3v) is 3.63. The van der Waals surface area contributed by atoms with Crippen molar-refractivity contribution in [2.75, 3.05) is 6.61 Å². The van der Waals surface area contributed by atoms with Crippen molar-refractivity contribution in [3.05, 3.63) is 63.9 Å². The first-order valence-corrected chi connectivity index (χ1v) is 7.12. The lowest BCUT2D eigenvalue weighted by Crippen LogP contribution is -2.39. The van der Waals surface area contributed by atoms with E-state index in [1.807, 2.05) is 30.3 Å². The number of rotatable bonds is 5. The Labute approximate surface area is 132 Å². The fraction of sp³-hybridized carbons (Fsp3) is 0.200. The summed E-state index contributed by atoms with van der Waals surface area (Å²) in [6.45, 7) is -0.157. The van der Waals surface area contributed by atoms with E-state index in [2.05, 4.69) is 10.3 Å². The van der Waals surface area contributed by atoms with Crippen LogP contribution in [0.25, 0.3) is 0 Å². The van der Waals surface area contributed by atoms with Gasteiger partial charge in [-0.25, -0.2) is 4.98 Å². The molecular formula is C15H14Cl2N2O2. The number of carbonyl (C=O) groups excluding carboxylic acids is 1. The molecule has 1 unspecified atom stereocenters. The van der Waals surface area contributed by atoms with Gasteiger partial charge in [0, 0.05) is 6.20 Å². The minimum atomic E-state index is -0.380. The summed E-state index contributed by atoms with van der Waals surface area (Å²) in [7, 11) is 0. The SMILES string of the molecule is O=C(NC(CO)Cc1ccccc1)c1cnc(Cl)c(Cl)c1. The molecule has 0 aliphatic rings. The molecule has 0 spiro atoms. The Morgan fingerprint density at radius 3 is 2.62 bits per heavy atom. The number of nitrogens with zero attached hydrogens (tertiary/aromatic N) is 1. The number of aromatic nitrogens is 1. The molecule has 0 aliphatic heterocycles. The van der Waals surface area contributed by atoms with Gasteiger partial charge in [-0.15, -0.1) is 0 Å². The summed E-state index contributed by atoms with van der Waals surface area (Å²) in [5, 5.41) is 12.5. The number of carbonyl (C=O) groups is 1. The van der Waals surface area contributed by atoms with Crippen molar-refractivity contribution in [2.24, 2.45) is 0 Å². The number of aliphatic hydroxyl groups excluding tert-OH is 1. The maximum absolute atomic E-state index is 12.1. The molecule has 1 atom stereocenters. The van der Waals surface area contributed by atoms with Crippen LogP contribution in [0.1, 0.15) is 15.9 Å². The van der Waals surface area contributed by atoms with Crippen LogP contribution >= 0.6 is 23.2 Å². The van der Waals surface area contributed by atoms with Gasteiger partial charge in [-0.3, -0.25) is 4.79 Å². The minimum Gasteiger partial charge on any atom is -0.394 e. The van der Waals surface area contributed by atoms with Crippen LogP contribution in [0.4, 0.5) is 0 Å². The van der Waals surface area contributed by atoms with Crippen LogP contribution in [-0.4, -0.2) is 28.6 Å². The van der Waals surface area contributed by atoms with Gasteiger partial charge in [-0.1, -0.05) is 53.5 Å². The molecule has 2 aromatic rings. The van der Waals surface area contributed by atoms with Gasteiger partial charge >= 0.3 is 0 Å². The Hall–Kier alpha value is -1.62. The third kappa shape index (κ3) is 4.43. The highest BCUT2D eigenvalue weighted by molar-refractivity contribution is 6.41. The van der Waals surface area contributed by atoms with E-state index < -0.39 is 0 Å². The number of aliphatic hydroxyl groups is 1. The summed E-state index contributed by atoms with van der Waals surface area (Å²) in [6, 6.07) is 10.7. The monoisotopic (exact) mass is 324 g/mol. The first-order valence-electron chi connectivity index (χ1n) is 6.37. The second-order valence-electron chi connectivity index (χ2n) is 4.54. The Balaban J connectivity index is 2.04. The zero-order valence-corrected chi connectivity index (χ0v) is 12.6. The molecule has 0 bridgehead atoms. The molecular weight excluding hydrogens is 311 g/mol. The summed E-state index contributed by atoms with van der Waals surface area (Å²) in [5.41, 5.74) is 1.33. The predicted octanol–water partition coefficient (Wildman–Crippen LogP) is 2.72. The molecule has 21 heavy (non-hydrogen) atoms. The molecule has 1 aromatic carbocycles. The van der Waals surface area contributed by atoms with E-state index in [9.17, 15) is 9.90 Å². The molecule has 0 aliphatic carbocycles. The Morgan fingerprint density at radius 1 is 1.29 bits per heavy atom. The van der Waals surface area contributed by atoms with Gasteiger partial charge in [0.2, 0.25) is 0 Å². The summed E-state index contributed by atoms with van der Waals surface area (Å²) in [4.78, 5) is 15.9. The standard InChI is InChI=1S/C15H14Cl2N2O2/c16-13-7-11(8-18-14(13)17)15(21)19-12(9-20)6-10-4-2-1-3-5-10/h1-5,7-8,12,20H,6,9H2,(H,19,21). The highest BCUT2D eigenvalue weighted by atomic mass is 35.5. The molecule has 110 valence electrons. The Bertz CT molecular complexity index is 620. The van der Waals surface area contributed by atoms with Gasteiger partial charge < -0.3 is 10.4 Å². The van der Waals surface area contributed by atoms with Gasteiger partial charge in [0.25, 0.3) is 5.91 Å². The normalized spacial score (nSPS) is 12.0. The topological polar surface area (TPSA) is 62.2 Å². The van der Waals surface area contributed by atoms with Crippen molar-refractivity contribution >= 4 is 29.1 Å². The smallest absolute Gasteiger partial charge is 0.253 e. The predicted molar refractivity (Wildman–Crippen MR) is 82.7 cm³/mol. The van der Waals surface area contributed by atoms with Crippen molar-refractivity contribution in [1.82, 2.24) is 10.3 Å². The van der Waals surface area contributed by atoms with Crippen LogP contribution in [0.3, 0.4) is 0 Å². The van der Waals surface area contributed by atoms with Gasteiger partial charge in [0.1, 0.15) is 5.15 Å². The maximum Gasteiger partial charge on any atom is 0.253 e. The van der Waals surface area contributed by atoms with Crippen molar-refractivity contribution in [1.29, 1.82) is 0 Å². The quantitative estimate of drug-likeness (QED) is 0.831. The summed E-state index contributed by atoms with van der Waals surface area (Å²) < 4.78 is 0. The molecule has 1 aromatic heterocycles. The van der Waals surface area contributed by atoms with E-state index in [-0.39, 0.29) is 28.7 Å². The fourth-order valence-corrected chi connectivity index (χ4v) is 2.14. The van der Waals surface area contributed by atoms with Crippen molar-refractivity contribution in [3.63, 3.8) is 0 Å². The molecule has 6 heteroatoms. The zero-order chi connectivity index (χ0) is 15.2. The largest absolute Gasteiger partial charge is 0.394 e. The fourth-order valence-electron chi connectivity index (χ4n) is 1.87. The van der Waals surface area contributed by atoms with Crippen LogP contribution in [-0.2, 0) is 6.42 Å². The van der Waals surface area contributed by atoms with Crippen LogP contribution in [0.5, 0.6) is 0 Å². The first kappa shape index (κ1) is 15.8. The van der Waals surface area contributed by atoms with Crippen LogP contribution in [0, 0.1) is 0 Å². The van der Waals surface area contributed by atoms with E-state index in [4.69, 9.17) is 23.2 Å². The number of amides is 1. The average molecular weight is 325 g/mol. The highest BCUT2D eigenvalue weighted by Gasteiger charge is 2.15. The van der Waals surface area contributed by atoms with Crippen molar-refractivity contribution in [3.8, 4) is 0 Å². The van der Waals surface area contributed by atoms with Gasteiger partial charge in [0.15, 0.2) is 0 Å². The molecule has 1 amide bonds. The van der Waals surface area contributed by atoms with Gasteiger partial charge in [-0.05, 0) is 18.1 Å². The van der Waals surface area contributed by atoms with Crippen LogP contribution in [0.15, 0.2) is 42.6 Å². The highest BCUT2D eigenvalue weighted by Crippen LogP contribution is 2.19. The van der Waals surface area contributed by atoms with E-state index in [1.54, 1.807) is 0 Å². The lowest BCUT2D eigenvalue weighted by Gasteiger charge is -2.16. The molecule has 0 saturated heterocycles. The zero-order valence-electron chi connectivity index (χ0n) is 11.1. The number of pyridine rings is 1. The molecule has 2 rings (SSSR count). The van der Waals surface area contributed by atoms with Gasteiger partial charge in [0.05, 0.1) is 23.2 Å². The van der Waals surface area contributed by atoms with E-state index in [0.717, 1.165) is 5.56 Å². The third-order valence-electron chi connectivity index (χ3n) is 2.94. The Kier molecular flexibility index (Phi) is 5.56. The van der Waals surface area contributed by atoms with Crippen molar-refractivity contribution < 1.29 is 9.90 Å². The number of hydrogen-bond donors (Lipinski definition) is 2. The lowest BCUT2D eigenvalue weighted by molar-refractivity contribution is 0.0916. The number of halogens is 2.